The minimum atomic E-state index is 0.453. The van der Waals surface area contributed by atoms with Crippen LogP contribution < -0.4 is 0 Å². The summed E-state index contributed by atoms with van der Waals surface area (Å²) >= 11 is 0. The molecule has 58 valence electrons. The Labute approximate surface area is 69.1 Å². The molecule has 0 fully saturated rings. The van der Waals surface area contributed by atoms with Crippen molar-refractivity contribution in [2.45, 2.75) is 0 Å². The summed E-state index contributed by atoms with van der Waals surface area (Å²) in [6.07, 6.45) is 5.79. The van der Waals surface area contributed by atoms with Gasteiger partial charge in [-0.3, -0.25) is 14.8 Å². The molecule has 2 rings (SSSR count). The molecule has 0 saturated carbocycles. The van der Waals surface area contributed by atoms with E-state index in [9.17, 15) is 4.79 Å². The molecule has 0 radical (unpaired) electrons. The molecule has 2 heterocycles. The number of carbonyl (C=O) groups excluding carboxylic acids is 1. The molecule has 0 aliphatic heterocycles. The van der Waals surface area contributed by atoms with Crippen LogP contribution >= 0.6 is 0 Å². The van der Waals surface area contributed by atoms with Gasteiger partial charge in [0.05, 0.1) is 0 Å². The van der Waals surface area contributed by atoms with Crippen molar-refractivity contribution in [2.75, 3.05) is 0 Å². The standard InChI is InChI=1S/C9H6N2O/c12-6-9-3-7-1-2-10-4-8(7)5-11-9/h1-6H. The maximum absolute atomic E-state index is 10.4. The molecular weight excluding hydrogens is 152 g/mol. The molecule has 0 unspecified atom stereocenters. The predicted octanol–water partition coefficient (Wildman–Crippen LogP) is 1.44. The van der Waals surface area contributed by atoms with Crippen LogP contribution in [0, 0.1) is 0 Å². The van der Waals surface area contributed by atoms with Crippen LogP contribution in [0.5, 0.6) is 0 Å². The maximum atomic E-state index is 10.4. The highest BCUT2D eigenvalue weighted by Crippen LogP contribution is 2.10. The SMILES string of the molecule is O=Cc1cc2ccncc2cn1. The Kier molecular flexibility index (Phi) is 1.55. The number of aldehydes is 1. The molecule has 0 amide bonds. The summed E-state index contributed by atoms with van der Waals surface area (Å²) in [4.78, 5) is 18.2. The predicted molar refractivity (Wildman–Crippen MR) is 44.9 cm³/mol. The van der Waals surface area contributed by atoms with Crippen LogP contribution in [0.15, 0.2) is 30.7 Å². The van der Waals surface area contributed by atoms with Crippen molar-refractivity contribution in [3.05, 3.63) is 36.4 Å². The summed E-state index contributed by atoms with van der Waals surface area (Å²) in [6.45, 7) is 0. The Balaban J connectivity index is 2.75. The number of pyridine rings is 2. The van der Waals surface area contributed by atoms with Crippen LogP contribution in [-0.2, 0) is 0 Å². The molecule has 2 aromatic rings. The molecule has 0 aliphatic carbocycles. The van der Waals surface area contributed by atoms with Crippen molar-refractivity contribution in [1.82, 2.24) is 9.97 Å². The second-order valence-corrected chi connectivity index (χ2v) is 2.45. The Morgan fingerprint density at radius 1 is 1.25 bits per heavy atom. The van der Waals surface area contributed by atoms with E-state index in [0.717, 1.165) is 17.1 Å². The van der Waals surface area contributed by atoms with Crippen molar-refractivity contribution in [3.8, 4) is 0 Å². The molecule has 0 aliphatic rings. The van der Waals surface area contributed by atoms with Crippen LogP contribution in [0.1, 0.15) is 10.5 Å². The minimum Gasteiger partial charge on any atom is -0.296 e. The normalized spacial score (nSPS) is 10.0. The maximum Gasteiger partial charge on any atom is 0.168 e. The lowest BCUT2D eigenvalue weighted by Crippen LogP contribution is -1.85. The molecule has 0 atom stereocenters. The van der Waals surface area contributed by atoms with E-state index in [-0.39, 0.29) is 0 Å². The minimum absolute atomic E-state index is 0.453. The fraction of sp³-hybridized carbons (Fsp3) is 0. The fourth-order valence-corrected chi connectivity index (χ4v) is 1.06. The summed E-state index contributed by atoms with van der Waals surface area (Å²) in [5, 5.41) is 1.94. The molecule has 2 aromatic heterocycles. The highest BCUT2D eigenvalue weighted by Gasteiger charge is 1.94. The van der Waals surface area contributed by atoms with Gasteiger partial charge in [0.25, 0.3) is 0 Å². The van der Waals surface area contributed by atoms with Gasteiger partial charge in [0, 0.05) is 24.0 Å². The second kappa shape index (κ2) is 2.70. The lowest BCUT2D eigenvalue weighted by molar-refractivity contribution is 0.111. The summed E-state index contributed by atoms with van der Waals surface area (Å²) in [5.41, 5.74) is 0.453. The van der Waals surface area contributed by atoms with E-state index >= 15 is 0 Å². The van der Waals surface area contributed by atoms with Crippen LogP contribution in [0.2, 0.25) is 0 Å². The summed E-state index contributed by atoms with van der Waals surface area (Å²) in [5.74, 6) is 0. The zero-order chi connectivity index (χ0) is 8.39. The lowest BCUT2D eigenvalue weighted by atomic mass is 10.2. The van der Waals surface area contributed by atoms with E-state index in [4.69, 9.17) is 0 Å². The van der Waals surface area contributed by atoms with E-state index in [1.165, 1.54) is 0 Å². The van der Waals surface area contributed by atoms with Gasteiger partial charge in [0.15, 0.2) is 6.29 Å². The van der Waals surface area contributed by atoms with Gasteiger partial charge in [-0.05, 0) is 17.5 Å². The fourth-order valence-electron chi connectivity index (χ4n) is 1.06. The van der Waals surface area contributed by atoms with Crippen molar-refractivity contribution < 1.29 is 4.79 Å². The summed E-state index contributed by atoms with van der Waals surface area (Å²) < 4.78 is 0. The van der Waals surface area contributed by atoms with Gasteiger partial charge in [0.2, 0.25) is 0 Å². The third-order valence-electron chi connectivity index (χ3n) is 1.66. The first-order valence-electron chi connectivity index (χ1n) is 3.55. The number of rotatable bonds is 1. The summed E-state index contributed by atoms with van der Waals surface area (Å²) in [7, 11) is 0. The number of fused-ring (bicyclic) bond motifs is 1. The first-order valence-corrected chi connectivity index (χ1v) is 3.55. The van der Waals surface area contributed by atoms with Crippen LogP contribution in [0.25, 0.3) is 10.8 Å². The number of aromatic nitrogens is 2. The molecular formula is C9H6N2O. The quantitative estimate of drug-likeness (QED) is 0.590. The molecule has 12 heavy (non-hydrogen) atoms. The van der Waals surface area contributed by atoms with Gasteiger partial charge in [-0.15, -0.1) is 0 Å². The van der Waals surface area contributed by atoms with Gasteiger partial charge in [-0.1, -0.05) is 0 Å². The zero-order valence-corrected chi connectivity index (χ0v) is 6.27. The third-order valence-corrected chi connectivity index (χ3v) is 1.66. The first kappa shape index (κ1) is 6.91. The van der Waals surface area contributed by atoms with Crippen LogP contribution in [-0.4, -0.2) is 16.3 Å². The molecule has 0 aromatic carbocycles. The average Bonchev–Trinajstić information content (AvgIpc) is 2.17. The average molecular weight is 158 g/mol. The van der Waals surface area contributed by atoms with Crippen molar-refractivity contribution in [2.24, 2.45) is 0 Å². The molecule has 3 heteroatoms. The third kappa shape index (κ3) is 1.05. The smallest absolute Gasteiger partial charge is 0.168 e. The van der Waals surface area contributed by atoms with Crippen molar-refractivity contribution >= 4 is 17.1 Å². The summed E-state index contributed by atoms with van der Waals surface area (Å²) in [6, 6.07) is 3.59. The van der Waals surface area contributed by atoms with Crippen molar-refractivity contribution in [1.29, 1.82) is 0 Å². The molecule has 0 spiro atoms. The van der Waals surface area contributed by atoms with Gasteiger partial charge < -0.3 is 0 Å². The lowest BCUT2D eigenvalue weighted by Gasteiger charge is -1.94. The van der Waals surface area contributed by atoms with E-state index in [1.54, 1.807) is 24.7 Å². The Hall–Kier alpha value is -1.77. The van der Waals surface area contributed by atoms with Gasteiger partial charge in [-0.2, -0.15) is 0 Å². The highest BCUT2D eigenvalue weighted by atomic mass is 16.1. The largest absolute Gasteiger partial charge is 0.296 e. The van der Waals surface area contributed by atoms with Gasteiger partial charge >= 0.3 is 0 Å². The molecule has 3 nitrogen and oxygen atoms in total. The van der Waals surface area contributed by atoms with E-state index in [0.29, 0.717) is 5.69 Å². The topological polar surface area (TPSA) is 42.9 Å². The number of carbonyl (C=O) groups is 1. The molecule has 0 saturated heterocycles. The van der Waals surface area contributed by atoms with E-state index in [2.05, 4.69) is 9.97 Å². The van der Waals surface area contributed by atoms with Gasteiger partial charge in [-0.25, -0.2) is 0 Å². The van der Waals surface area contributed by atoms with Crippen LogP contribution in [0.3, 0.4) is 0 Å². The van der Waals surface area contributed by atoms with E-state index < -0.39 is 0 Å². The monoisotopic (exact) mass is 158 g/mol. The number of hydrogen-bond acceptors (Lipinski definition) is 3. The number of nitrogens with zero attached hydrogens (tertiary/aromatic N) is 2. The van der Waals surface area contributed by atoms with Crippen molar-refractivity contribution in [3.63, 3.8) is 0 Å². The molecule has 0 bridgehead atoms. The first-order chi connectivity index (χ1) is 5.90. The molecule has 0 N–H and O–H groups in total. The Morgan fingerprint density at radius 2 is 2.17 bits per heavy atom. The zero-order valence-electron chi connectivity index (χ0n) is 6.27. The number of hydrogen-bond donors (Lipinski definition) is 0. The Morgan fingerprint density at radius 3 is 3.00 bits per heavy atom. The second-order valence-electron chi connectivity index (χ2n) is 2.45. The van der Waals surface area contributed by atoms with Gasteiger partial charge in [0.1, 0.15) is 5.69 Å². The Bertz CT molecular complexity index is 426. The van der Waals surface area contributed by atoms with E-state index in [1.807, 2.05) is 6.07 Å². The highest BCUT2D eigenvalue weighted by molar-refractivity contribution is 5.85. The van der Waals surface area contributed by atoms with Crippen LogP contribution in [0.4, 0.5) is 0 Å².